The van der Waals surface area contributed by atoms with Gasteiger partial charge in [0.1, 0.15) is 6.04 Å². The summed E-state index contributed by atoms with van der Waals surface area (Å²) in [6.07, 6.45) is 0. The van der Waals surface area contributed by atoms with Crippen LogP contribution in [-0.4, -0.2) is 20.2 Å². The van der Waals surface area contributed by atoms with E-state index in [2.05, 4.69) is 4.72 Å². The van der Waals surface area contributed by atoms with Gasteiger partial charge in [-0.05, 0) is 25.0 Å². The zero-order valence-corrected chi connectivity index (χ0v) is 11.9. The fourth-order valence-corrected chi connectivity index (χ4v) is 2.71. The molecule has 1 unspecified atom stereocenters. The van der Waals surface area contributed by atoms with E-state index in [0.29, 0.717) is 5.56 Å². The van der Waals surface area contributed by atoms with Crippen molar-refractivity contribution in [1.82, 2.24) is 4.72 Å². The second-order valence-electron chi connectivity index (χ2n) is 4.55. The van der Waals surface area contributed by atoms with Crippen molar-refractivity contribution < 1.29 is 13.2 Å². The van der Waals surface area contributed by atoms with Gasteiger partial charge in [0, 0.05) is 5.56 Å². The van der Waals surface area contributed by atoms with Crippen LogP contribution in [-0.2, 0) is 10.0 Å². The van der Waals surface area contributed by atoms with E-state index in [1.165, 1.54) is 31.2 Å². The Bertz CT molecular complexity index is 598. The minimum absolute atomic E-state index is 0.0402. The van der Waals surface area contributed by atoms with Gasteiger partial charge in [-0.3, -0.25) is 4.79 Å². The second kappa shape index (κ2) is 5.95. The number of nitrogens with zero attached hydrogens (tertiary/aromatic N) is 1. The van der Waals surface area contributed by atoms with Crippen LogP contribution < -0.4 is 4.72 Å². The van der Waals surface area contributed by atoms with Crippen LogP contribution in [0, 0.1) is 17.2 Å². The minimum atomic E-state index is -3.74. The molecule has 1 N–H and O–H groups in total. The molecule has 0 fully saturated rings. The van der Waals surface area contributed by atoms with E-state index >= 15 is 0 Å². The van der Waals surface area contributed by atoms with E-state index in [1.54, 1.807) is 13.8 Å². The number of carbonyl (C=O) groups is 1. The zero-order chi connectivity index (χ0) is 14.6. The lowest BCUT2D eigenvalue weighted by Crippen LogP contribution is -2.37. The number of hydrogen-bond acceptors (Lipinski definition) is 4. The van der Waals surface area contributed by atoms with Crippen molar-refractivity contribution in [3.05, 3.63) is 29.8 Å². The Hall–Kier alpha value is -1.71. The molecule has 5 nitrogen and oxygen atoms in total. The highest BCUT2D eigenvalue weighted by Crippen LogP contribution is 2.13. The van der Waals surface area contributed by atoms with Gasteiger partial charge in [-0.25, -0.2) is 8.42 Å². The van der Waals surface area contributed by atoms with E-state index < -0.39 is 16.1 Å². The summed E-state index contributed by atoms with van der Waals surface area (Å²) in [5.74, 6) is -0.259. The third-order valence-electron chi connectivity index (χ3n) is 2.66. The smallest absolute Gasteiger partial charge is 0.241 e. The van der Waals surface area contributed by atoms with Gasteiger partial charge >= 0.3 is 0 Å². The fraction of sp³-hybridized carbons (Fsp3) is 0.385. The third-order valence-corrected chi connectivity index (χ3v) is 4.12. The first kappa shape index (κ1) is 15.3. The number of benzene rings is 1. The molecule has 0 bridgehead atoms. The predicted octanol–water partition coefficient (Wildman–Crippen LogP) is 1.72. The summed E-state index contributed by atoms with van der Waals surface area (Å²) in [6, 6.07) is 6.75. The number of carbonyl (C=O) groups excluding carboxylic acids is 1. The van der Waals surface area contributed by atoms with Crippen molar-refractivity contribution in [3.8, 4) is 6.07 Å². The van der Waals surface area contributed by atoms with Crippen LogP contribution in [0.15, 0.2) is 29.2 Å². The Morgan fingerprint density at radius 3 is 2.16 bits per heavy atom. The number of nitrogens with one attached hydrogen (secondary N) is 1. The maximum Gasteiger partial charge on any atom is 0.241 e. The lowest BCUT2D eigenvalue weighted by molar-refractivity contribution is 0.101. The van der Waals surface area contributed by atoms with Gasteiger partial charge in [0.2, 0.25) is 10.0 Å². The van der Waals surface area contributed by atoms with Gasteiger partial charge in [0.15, 0.2) is 5.78 Å². The summed E-state index contributed by atoms with van der Waals surface area (Å²) in [4.78, 5) is 11.2. The predicted molar refractivity (Wildman–Crippen MR) is 71.0 cm³/mol. The number of ketones is 1. The van der Waals surface area contributed by atoms with E-state index in [-0.39, 0.29) is 16.6 Å². The van der Waals surface area contributed by atoms with Crippen LogP contribution in [0.1, 0.15) is 31.1 Å². The van der Waals surface area contributed by atoms with Gasteiger partial charge in [0.05, 0.1) is 11.0 Å². The van der Waals surface area contributed by atoms with Gasteiger partial charge in [0.25, 0.3) is 0 Å². The van der Waals surface area contributed by atoms with Crippen molar-refractivity contribution >= 4 is 15.8 Å². The normalized spacial score (nSPS) is 13.0. The summed E-state index contributed by atoms with van der Waals surface area (Å²) >= 11 is 0. The summed E-state index contributed by atoms with van der Waals surface area (Å²) < 4.78 is 26.4. The van der Waals surface area contributed by atoms with Gasteiger partial charge in [-0.1, -0.05) is 26.0 Å². The molecule has 1 aromatic carbocycles. The number of rotatable bonds is 5. The highest BCUT2D eigenvalue weighted by molar-refractivity contribution is 7.89. The molecule has 0 saturated carbocycles. The molecule has 0 aromatic heterocycles. The summed E-state index contributed by atoms with van der Waals surface area (Å²) in [7, 11) is -3.74. The molecule has 0 spiro atoms. The third kappa shape index (κ3) is 3.88. The van der Waals surface area contributed by atoms with E-state index in [1.807, 2.05) is 6.07 Å². The number of sulfonamides is 1. The van der Waals surface area contributed by atoms with Crippen molar-refractivity contribution in [2.75, 3.05) is 0 Å². The van der Waals surface area contributed by atoms with Gasteiger partial charge < -0.3 is 0 Å². The van der Waals surface area contributed by atoms with Crippen molar-refractivity contribution in [1.29, 1.82) is 5.26 Å². The highest BCUT2D eigenvalue weighted by atomic mass is 32.2. The van der Waals surface area contributed by atoms with Crippen molar-refractivity contribution in [3.63, 3.8) is 0 Å². The van der Waals surface area contributed by atoms with Crippen LogP contribution in [0.2, 0.25) is 0 Å². The van der Waals surface area contributed by atoms with Crippen LogP contribution >= 0.6 is 0 Å². The first-order valence-corrected chi connectivity index (χ1v) is 7.29. The van der Waals surface area contributed by atoms with Gasteiger partial charge in [-0.15, -0.1) is 0 Å². The molecule has 1 rings (SSSR count). The molecule has 0 radical (unpaired) electrons. The van der Waals surface area contributed by atoms with Crippen LogP contribution in [0.4, 0.5) is 0 Å². The second-order valence-corrected chi connectivity index (χ2v) is 6.27. The molecule has 1 aromatic rings. The lowest BCUT2D eigenvalue weighted by Gasteiger charge is -2.15. The van der Waals surface area contributed by atoms with E-state index in [9.17, 15) is 13.2 Å². The van der Waals surface area contributed by atoms with E-state index in [0.717, 1.165) is 0 Å². The molecule has 19 heavy (non-hydrogen) atoms. The quantitative estimate of drug-likeness (QED) is 0.832. The Labute approximate surface area is 113 Å². The minimum Gasteiger partial charge on any atom is -0.295 e. The monoisotopic (exact) mass is 280 g/mol. The topological polar surface area (TPSA) is 87.0 Å². The summed E-state index contributed by atoms with van der Waals surface area (Å²) in [5, 5.41) is 8.90. The average Bonchev–Trinajstić information content (AvgIpc) is 2.35. The standard InChI is InChI=1S/C13H16N2O3S/c1-9(2)13(8-14)15-19(17,18)12-6-4-11(5-7-12)10(3)16/h4-7,9,13,15H,1-3H3. The van der Waals surface area contributed by atoms with Crippen molar-refractivity contribution in [2.45, 2.75) is 31.7 Å². The maximum atomic E-state index is 12.0. The lowest BCUT2D eigenvalue weighted by atomic mass is 10.1. The molecule has 1 atom stereocenters. The number of Topliss-reactive ketones (excluding diaryl/α,β-unsaturated/α-hetero) is 1. The maximum absolute atomic E-state index is 12.0. The van der Waals surface area contributed by atoms with Gasteiger partial charge in [-0.2, -0.15) is 9.98 Å². The van der Waals surface area contributed by atoms with Crippen LogP contribution in [0.5, 0.6) is 0 Å². The molecular formula is C13H16N2O3S. The number of nitriles is 1. The SMILES string of the molecule is CC(=O)c1ccc(S(=O)(=O)NC(C#N)C(C)C)cc1. The number of hydrogen-bond donors (Lipinski definition) is 1. The van der Waals surface area contributed by atoms with Crippen molar-refractivity contribution in [2.24, 2.45) is 5.92 Å². The molecule has 0 aliphatic rings. The molecule has 0 aliphatic heterocycles. The molecule has 6 heteroatoms. The molecule has 102 valence electrons. The van der Waals surface area contributed by atoms with Crippen LogP contribution in [0.3, 0.4) is 0 Å². The zero-order valence-electron chi connectivity index (χ0n) is 11.0. The molecule has 0 heterocycles. The molecule has 0 amide bonds. The van der Waals surface area contributed by atoms with E-state index in [4.69, 9.17) is 5.26 Å². The largest absolute Gasteiger partial charge is 0.295 e. The van der Waals surface area contributed by atoms with Crippen LogP contribution in [0.25, 0.3) is 0 Å². The Balaban J connectivity index is 3.01. The summed E-state index contributed by atoms with van der Waals surface area (Å²) in [6.45, 7) is 4.93. The fourth-order valence-electron chi connectivity index (χ4n) is 1.42. The first-order chi connectivity index (χ1) is 8.77. The Morgan fingerprint density at radius 1 is 1.26 bits per heavy atom. The highest BCUT2D eigenvalue weighted by Gasteiger charge is 2.22. The Morgan fingerprint density at radius 2 is 1.79 bits per heavy atom. The Kier molecular flexibility index (Phi) is 4.81. The molecule has 0 saturated heterocycles. The molecular weight excluding hydrogens is 264 g/mol. The summed E-state index contributed by atoms with van der Waals surface area (Å²) in [5.41, 5.74) is 0.444. The molecule has 0 aliphatic carbocycles. The first-order valence-electron chi connectivity index (χ1n) is 5.81. The average molecular weight is 280 g/mol.